The Kier molecular flexibility index (Phi) is 10.6. The van der Waals surface area contributed by atoms with E-state index in [2.05, 4.69) is 61.7 Å². The third-order valence-corrected chi connectivity index (χ3v) is 4.99. The van der Waals surface area contributed by atoms with E-state index >= 15 is 0 Å². The van der Waals surface area contributed by atoms with E-state index in [9.17, 15) is 5.11 Å². The van der Waals surface area contributed by atoms with Crippen molar-refractivity contribution in [1.82, 2.24) is 10.6 Å². The van der Waals surface area contributed by atoms with E-state index in [-0.39, 0.29) is 41.4 Å². The molecular formula is C21H36IN3O2. The number of guanidine groups is 1. The molecule has 0 saturated carbocycles. The van der Waals surface area contributed by atoms with Gasteiger partial charge in [0.1, 0.15) is 0 Å². The molecule has 27 heavy (non-hydrogen) atoms. The molecule has 0 spiro atoms. The summed E-state index contributed by atoms with van der Waals surface area (Å²) in [5, 5.41) is 16.2. The molecule has 0 bridgehead atoms. The number of hydrogen-bond acceptors (Lipinski definition) is 3. The maximum Gasteiger partial charge on any atom is 0.191 e. The first-order valence-corrected chi connectivity index (χ1v) is 9.73. The Balaban J connectivity index is 0.00000364. The van der Waals surface area contributed by atoms with Crippen LogP contribution >= 0.6 is 24.0 Å². The number of benzene rings is 1. The van der Waals surface area contributed by atoms with Crippen LogP contribution in [0, 0.1) is 10.8 Å². The van der Waals surface area contributed by atoms with Crippen LogP contribution in [0.2, 0.25) is 0 Å². The quantitative estimate of drug-likeness (QED) is 0.283. The van der Waals surface area contributed by atoms with Gasteiger partial charge in [-0.05, 0) is 37.2 Å². The second-order valence-corrected chi connectivity index (χ2v) is 8.15. The summed E-state index contributed by atoms with van der Waals surface area (Å²) in [5.74, 6) is 0.845. The van der Waals surface area contributed by atoms with Gasteiger partial charge in [0.15, 0.2) is 5.96 Å². The lowest BCUT2D eigenvalue weighted by molar-refractivity contribution is 0.127. The van der Waals surface area contributed by atoms with E-state index in [4.69, 9.17) is 9.73 Å². The molecule has 1 aromatic rings. The summed E-state index contributed by atoms with van der Waals surface area (Å²) in [6.07, 6.45) is 2.75. The van der Waals surface area contributed by atoms with Crippen molar-refractivity contribution >= 4 is 29.9 Å². The molecule has 0 aliphatic carbocycles. The first kappa shape index (κ1) is 24.2. The van der Waals surface area contributed by atoms with E-state index in [1.54, 1.807) is 0 Å². The molecule has 1 saturated heterocycles. The van der Waals surface area contributed by atoms with Crippen LogP contribution in [0.25, 0.3) is 0 Å². The standard InChI is InChI=1S/C21H35N3O2.HI/c1-4-22-19(24-16-21(10-12-25)11-13-26-17-21)23-15-20(2,3)14-18-8-6-5-7-9-18;/h5-9,25H,4,10-17H2,1-3H3,(H2,22,23,24);1H. The largest absolute Gasteiger partial charge is 0.396 e. The average molecular weight is 489 g/mol. The highest BCUT2D eigenvalue weighted by Crippen LogP contribution is 2.31. The predicted octanol–water partition coefficient (Wildman–Crippen LogP) is 3.22. The summed E-state index contributed by atoms with van der Waals surface area (Å²) in [4.78, 5) is 4.82. The molecule has 1 atom stereocenters. The fraction of sp³-hybridized carbons (Fsp3) is 0.667. The minimum Gasteiger partial charge on any atom is -0.396 e. The first-order chi connectivity index (χ1) is 12.5. The van der Waals surface area contributed by atoms with Crippen molar-refractivity contribution in [3.05, 3.63) is 35.9 Å². The lowest BCUT2D eigenvalue weighted by atomic mass is 9.84. The SMILES string of the molecule is CCNC(=NCC(C)(C)Cc1ccccc1)NCC1(CCO)CCOC1.I. The number of hydrogen-bond donors (Lipinski definition) is 3. The minimum absolute atomic E-state index is 0. The average Bonchev–Trinajstić information content (AvgIpc) is 3.07. The van der Waals surface area contributed by atoms with Crippen molar-refractivity contribution in [2.45, 2.75) is 40.0 Å². The molecule has 154 valence electrons. The van der Waals surface area contributed by atoms with E-state index in [0.717, 1.165) is 51.5 Å². The number of halogens is 1. The van der Waals surface area contributed by atoms with Gasteiger partial charge in [-0.25, -0.2) is 0 Å². The van der Waals surface area contributed by atoms with Crippen LogP contribution in [0.15, 0.2) is 35.3 Å². The normalized spacial score (nSPS) is 20.2. The molecule has 5 nitrogen and oxygen atoms in total. The Morgan fingerprint density at radius 1 is 1.26 bits per heavy atom. The second-order valence-electron chi connectivity index (χ2n) is 8.15. The maximum absolute atomic E-state index is 9.38. The van der Waals surface area contributed by atoms with Gasteiger partial charge in [-0.1, -0.05) is 44.2 Å². The Morgan fingerprint density at radius 3 is 2.59 bits per heavy atom. The fourth-order valence-corrected chi connectivity index (χ4v) is 3.42. The van der Waals surface area contributed by atoms with E-state index in [1.807, 2.05) is 0 Å². The van der Waals surface area contributed by atoms with Crippen LogP contribution in [-0.2, 0) is 11.2 Å². The van der Waals surface area contributed by atoms with Crippen LogP contribution in [0.5, 0.6) is 0 Å². The fourth-order valence-electron chi connectivity index (χ4n) is 3.42. The second kappa shape index (κ2) is 11.9. The molecule has 1 aliphatic rings. The molecule has 0 amide bonds. The summed E-state index contributed by atoms with van der Waals surface area (Å²) >= 11 is 0. The predicted molar refractivity (Wildman–Crippen MR) is 123 cm³/mol. The third-order valence-electron chi connectivity index (χ3n) is 4.99. The minimum atomic E-state index is 0. The van der Waals surface area contributed by atoms with Gasteiger partial charge in [0, 0.05) is 38.3 Å². The zero-order valence-corrected chi connectivity index (χ0v) is 19.3. The summed E-state index contributed by atoms with van der Waals surface area (Å²) in [6.45, 7) is 10.6. The molecule has 2 rings (SSSR count). The van der Waals surface area contributed by atoms with E-state index < -0.39 is 0 Å². The molecule has 6 heteroatoms. The Morgan fingerprint density at radius 2 is 2.00 bits per heavy atom. The number of ether oxygens (including phenoxy) is 1. The maximum atomic E-state index is 9.38. The van der Waals surface area contributed by atoms with E-state index in [0.29, 0.717) is 6.61 Å². The van der Waals surface area contributed by atoms with Crippen molar-refractivity contribution in [3.8, 4) is 0 Å². The molecular weight excluding hydrogens is 453 g/mol. The van der Waals surface area contributed by atoms with Crippen LogP contribution in [-0.4, -0.2) is 50.5 Å². The number of aliphatic imine (C=N–C) groups is 1. The number of aliphatic hydroxyl groups excluding tert-OH is 1. The zero-order valence-electron chi connectivity index (χ0n) is 17.0. The van der Waals surface area contributed by atoms with Gasteiger partial charge < -0.3 is 20.5 Å². The molecule has 0 aromatic heterocycles. The number of aliphatic hydroxyl groups is 1. The van der Waals surface area contributed by atoms with Crippen LogP contribution in [0.3, 0.4) is 0 Å². The topological polar surface area (TPSA) is 65.9 Å². The van der Waals surface area contributed by atoms with Gasteiger partial charge in [-0.2, -0.15) is 0 Å². The molecule has 1 aliphatic heterocycles. The number of nitrogens with one attached hydrogen (secondary N) is 2. The van der Waals surface area contributed by atoms with Crippen molar-refractivity contribution in [1.29, 1.82) is 0 Å². The Bertz CT molecular complexity index is 558. The Hall–Kier alpha value is -0.860. The zero-order chi connectivity index (χ0) is 18.9. The molecule has 1 unspecified atom stereocenters. The molecule has 3 N–H and O–H groups in total. The Labute approximate surface area is 181 Å². The van der Waals surface area contributed by atoms with Crippen molar-refractivity contribution in [2.24, 2.45) is 15.8 Å². The molecule has 1 aromatic carbocycles. The summed E-state index contributed by atoms with van der Waals surface area (Å²) in [7, 11) is 0. The highest BCUT2D eigenvalue weighted by molar-refractivity contribution is 14.0. The van der Waals surface area contributed by atoms with Crippen molar-refractivity contribution in [2.75, 3.05) is 39.5 Å². The van der Waals surface area contributed by atoms with E-state index in [1.165, 1.54) is 5.56 Å². The van der Waals surface area contributed by atoms with Crippen LogP contribution in [0.4, 0.5) is 0 Å². The molecule has 1 fully saturated rings. The van der Waals surface area contributed by atoms with Gasteiger partial charge in [0.2, 0.25) is 0 Å². The third kappa shape index (κ3) is 8.35. The first-order valence-electron chi connectivity index (χ1n) is 9.73. The summed E-state index contributed by atoms with van der Waals surface area (Å²) in [6, 6.07) is 10.6. The van der Waals surface area contributed by atoms with Crippen molar-refractivity contribution < 1.29 is 9.84 Å². The monoisotopic (exact) mass is 489 g/mol. The van der Waals surface area contributed by atoms with Gasteiger partial charge in [-0.3, -0.25) is 4.99 Å². The molecule has 0 radical (unpaired) electrons. The summed E-state index contributed by atoms with van der Waals surface area (Å²) in [5.41, 5.74) is 1.45. The number of nitrogens with zero attached hydrogens (tertiary/aromatic N) is 1. The highest BCUT2D eigenvalue weighted by atomic mass is 127. The molecule has 1 heterocycles. The van der Waals surface area contributed by atoms with Gasteiger partial charge in [0.05, 0.1) is 6.61 Å². The highest BCUT2D eigenvalue weighted by Gasteiger charge is 2.34. The van der Waals surface area contributed by atoms with Gasteiger partial charge in [-0.15, -0.1) is 24.0 Å². The smallest absolute Gasteiger partial charge is 0.191 e. The van der Waals surface area contributed by atoms with Crippen LogP contribution in [0.1, 0.15) is 39.2 Å². The van der Waals surface area contributed by atoms with Crippen LogP contribution < -0.4 is 10.6 Å². The van der Waals surface area contributed by atoms with Crippen molar-refractivity contribution in [3.63, 3.8) is 0 Å². The number of rotatable bonds is 9. The van der Waals surface area contributed by atoms with Gasteiger partial charge in [0.25, 0.3) is 0 Å². The lowest BCUT2D eigenvalue weighted by Crippen LogP contribution is -2.45. The lowest BCUT2D eigenvalue weighted by Gasteiger charge is -2.28. The van der Waals surface area contributed by atoms with Gasteiger partial charge >= 0.3 is 0 Å². The summed E-state index contributed by atoms with van der Waals surface area (Å²) < 4.78 is 5.57.